The van der Waals surface area contributed by atoms with E-state index in [0.717, 1.165) is 43.9 Å². The lowest BCUT2D eigenvalue weighted by Crippen LogP contribution is -2.47. The minimum absolute atomic E-state index is 0.0919. The summed E-state index contributed by atoms with van der Waals surface area (Å²) in [6, 6.07) is 19.5. The van der Waals surface area contributed by atoms with Crippen LogP contribution in [-0.4, -0.2) is 28.9 Å². The average Bonchev–Trinajstić information content (AvgIpc) is 3.12. The van der Waals surface area contributed by atoms with Crippen LogP contribution in [0.15, 0.2) is 66.7 Å². The van der Waals surface area contributed by atoms with Crippen molar-refractivity contribution >= 4 is 5.91 Å². The average molecular weight is 508 g/mol. The maximum atomic E-state index is 14.2. The molecular weight excluding hydrogens is 475 g/mol. The summed E-state index contributed by atoms with van der Waals surface area (Å²) in [4.78, 5) is 14.9. The van der Waals surface area contributed by atoms with Crippen molar-refractivity contribution in [3.8, 4) is 0 Å². The van der Waals surface area contributed by atoms with Crippen LogP contribution in [0.3, 0.4) is 0 Å². The lowest BCUT2D eigenvalue weighted by molar-refractivity contribution is 0.0859. The van der Waals surface area contributed by atoms with Crippen molar-refractivity contribution in [2.75, 3.05) is 0 Å². The maximum Gasteiger partial charge on any atom is 0.251 e. The van der Waals surface area contributed by atoms with Gasteiger partial charge in [0.2, 0.25) is 0 Å². The van der Waals surface area contributed by atoms with E-state index in [9.17, 15) is 18.0 Å². The van der Waals surface area contributed by atoms with Gasteiger partial charge in [-0.3, -0.25) is 9.69 Å². The van der Waals surface area contributed by atoms with Gasteiger partial charge < -0.3 is 11.1 Å². The number of nitrogens with one attached hydrogen (secondary N) is 1. The van der Waals surface area contributed by atoms with Crippen LogP contribution in [0, 0.1) is 23.4 Å². The van der Waals surface area contributed by atoms with Crippen LogP contribution in [0.2, 0.25) is 0 Å². The lowest BCUT2D eigenvalue weighted by Gasteiger charge is -2.41. The summed E-state index contributed by atoms with van der Waals surface area (Å²) in [5.41, 5.74) is 9.51. The number of benzene rings is 3. The largest absolute Gasteiger partial charge is 0.348 e. The second kappa shape index (κ2) is 11.1. The second-order valence-electron chi connectivity index (χ2n) is 10.4. The van der Waals surface area contributed by atoms with Crippen LogP contribution in [0.25, 0.3) is 0 Å². The fourth-order valence-electron chi connectivity index (χ4n) is 5.99. The van der Waals surface area contributed by atoms with E-state index in [-0.39, 0.29) is 29.9 Å². The molecule has 2 aliphatic heterocycles. The molecule has 3 aromatic carbocycles. The highest BCUT2D eigenvalue weighted by molar-refractivity contribution is 5.94. The molecule has 7 heteroatoms. The number of carbonyl (C=O) groups excluding carboxylic acids is 1. The third-order valence-electron chi connectivity index (χ3n) is 7.92. The van der Waals surface area contributed by atoms with Crippen molar-refractivity contribution in [1.29, 1.82) is 0 Å². The van der Waals surface area contributed by atoms with Gasteiger partial charge in [0.15, 0.2) is 11.6 Å². The zero-order valence-electron chi connectivity index (χ0n) is 20.7. The zero-order chi connectivity index (χ0) is 25.9. The summed E-state index contributed by atoms with van der Waals surface area (Å²) in [7, 11) is 0. The molecular formula is C30H32F3N3O. The van der Waals surface area contributed by atoms with Crippen LogP contribution in [0.1, 0.15) is 52.7 Å². The molecule has 1 amide bonds. The molecule has 3 aromatic rings. The molecule has 0 aliphatic carbocycles. The smallest absolute Gasteiger partial charge is 0.251 e. The number of fused-ring (bicyclic) bond motifs is 2. The Morgan fingerprint density at radius 2 is 1.57 bits per heavy atom. The van der Waals surface area contributed by atoms with Crippen LogP contribution in [0.4, 0.5) is 13.2 Å². The minimum atomic E-state index is -1.18. The van der Waals surface area contributed by atoms with E-state index < -0.39 is 17.5 Å². The number of hydrogen-bond donors (Lipinski definition) is 2. The van der Waals surface area contributed by atoms with Gasteiger partial charge in [-0.1, -0.05) is 42.5 Å². The Kier molecular flexibility index (Phi) is 7.63. The fraction of sp³-hybridized carbons (Fsp3) is 0.367. The summed E-state index contributed by atoms with van der Waals surface area (Å²) < 4.78 is 41.1. The van der Waals surface area contributed by atoms with Crippen LogP contribution < -0.4 is 11.1 Å². The first kappa shape index (κ1) is 25.5. The highest BCUT2D eigenvalue weighted by Crippen LogP contribution is 2.41. The molecule has 2 bridgehead atoms. The maximum absolute atomic E-state index is 14.2. The molecule has 2 aliphatic rings. The first-order valence-corrected chi connectivity index (χ1v) is 12.9. The summed E-state index contributed by atoms with van der Waals surface area (Å²) in [5.74, 6) is -2.84. The Labute approximate surface area is 215 Å². The molecule has 5 rings (SSSR count). The molecule has 2 saturated heterocycles. The number of hydrogen-bond acceptors (Lipinski definition) is 3. The van der Waals surface area contributed by atoms with Gasteiger partial charge in [0.1, 0.15) is 5.82 Å². The van der Waals surface area contributed by atoms with Crippen LogP contribution >= 0.6 is 0 Å². The van der Waals surface area contributed by atoms with Crippen LogP contribution in [0.5, 0.6) is 0 Å². The number of piperidine rings is 1. The zero-order valence-corrected chi connectivity index (χ0v) is 20.7. The summed E-state index contributed by atoms with van der Waals surface area (Å²) in [6.45, 7) is 1.29. The first-order valence-electron chi connectivity index (χ1n) is 12.9. The van der Waals surface area contributed by atoms with Gasteiger partial charge in [0, 0.05) is 42.8 Å². The number of carbonyl (C=O) groups is 1. The van der Waals surface area contributed by atoms with E-state index in [1.54, 1.807) is 12.1 Å². The van der Waals surface area contributed by atoms with E-state index in [1.165, 1.54) is 5.56 Å². The third-order valence-corrected chi connectivity index (χ3v) is 7.92. The number of amides is 1. The number of halogens is 3. The van der Waals surface area contributed by atoms with Crippen molar-refractivity contribution in [1.82, 2.24) is 10.2 Å². The van der Waals surface area contributed by atoms with Crippen molar-refractivity contribution in [2.45, 2.75) is 63.3 Å². The van der Waals surface area contributed by atoms with Crippen LogP contribution in [-0.2, 0) is 19.5 Å². The van der Waals surface area contributed by atoms with Crippen molar-refractivity contribution in [3.63, 3.8) is 0 Å². The highest BCUT2D eigenvalue weighted by Gasteiger charge is 2.42. The Balaban J connectivity index is 1.18. The molecule has 0 aromatic heterocycles. The highest BCUT2D eigenvalue weighted by atomic mass is 19.2. The topological polar surface area (TPSA) is 58.4 Å². The standard InChI is InChI=1S/C30H32F3N3O/c31-26-16-28(33)27(32)14-22(26)15-29(34)23-12-24-9-10-25(13-23)36(24)18-20-6-4-5-19(11-20)17-35-30(37)21-7-2-1-3-8-21/h1-8,11,14,16,23-25,29H,9-10,12-13,15,17-18,34H2,(H,35,37)/t23-,24+,25-,29-/m1/s1. The van der Waals surface area contributed by atoms with Gasteiger partial charge in [0.25, 0.3) is 5.91 Å². The molecule has 4 nitrogen and oxygen atoms in total. The van der Waals surface area contributed by atoms with Gasteiger partial charge in [-0.05, 0) is 72.9 Å². The van der Waals surface area contributed by atoms with Gasteiger partial charge in [0.05, 0.1) is 0 Å². The monoisotopic (exact) mass is 507 g/mol. The fourth-order valence-corrected chi connectivity index (χ4v) is 5.99. The molecule has 2 heterocycles. The Hall–Kier alpha value is -3.16. The number of nitrogens with two attached hydrogens (primary N) is 1. The molecule has 0 spiro atoms. The molecule has 0 saturated carbocycles. The van der Waals surface area contributed by atoms with Crippen molar-refractivity contribution in [3.05, 3.63) is 106 Å². The molecule has 194 valence electrons. The van der Waals surface area contributed by atoms with Gasteiger partial charge in [-0.2, -0.15) is 0 Å². The van der Waals surface area contributed by atoms with Gasteiger partial charge in [-0.25, -0.2) is 13.2 Å². The summed E-state index contributed by atoms with van der Waals surface area (Å²) >= 11 is 0. The molecule has 0 unspecified atom stereocenters. The number of nitrogens with zero attached hydrogens (tertiary/aromatic N) is 1. The number of rotatable bonds is 8. The van der Waals surface area contributed by atoms with E-state index in [4.69, 9.17) is 5.73 Å². The second-order valence-corrected chi connectivity index (χ2v) is 10.4. The normalized spacial score (nSPS) is 22.1. The lowest BCUT2D eigenvalue weighted by atomic mass is 9.82. The molecule has 4 atom stereocenters. The minimum Gasteiger partial charge on any atom is -0.348 e. The Morgan fingerprint density at radius 3 is 2.30 bits per heavy atom. The Bertz CT molecular complexity index is 1240. The Morgan fingerprint density at radius 1 is 0.892 bits per heavy atom. The summed E-state index contributed by atoms with van der Waals surface area (Å²) in [5, 5.41) is 2.99. The van der Waals surface area contributed by atoms with E-state index in [2.05, 4.69) is 22.3 Å². The quantitative estimate of drug-likeness (QED) is 0.405. The van der Waals surface area contributed by atoms with Gasteiger partial charge >= 0.3 is 0 Å². The van der Waals surface area contributed by atoms with E-state index in [1.807, 2.05) is 30.3 Å². The predicted octanol–water partition coefficient (Wildman–Crippen LogP) is 5.35. The van der Waals surface area contributed by atoms with Gasteiger partial charge in [-0.15, -0.1) is 0 Å². The SMILES string of the molecule is N[C@H](Cc1cc(F)c(F)cc1F)[C@H]1C[C@H]2CC[C@@H](C1)N2Cc1cccc(CNC(=O)c2ccccc2)c1. The third kappa shape index (κ3) is 5.89. The first-order chi connectivity index (χ1) is 17.9. The van der Waals surface area contributed by atoms with E-state index in [0.29, 0.717) is 30.3 Å². The molecule has 37 heavy (non-hydrogen) atoms. The van der Waals surface area contributed by atoms with Crippen molar-refractivity contribution < 1.29 is 18.0 Å². The van der Waals surface area contributed by atoms with E-state index >= 15 is 0 Å². The molecule has 2 fully saturated rings. The summed E-state index contributed by atoms with van der Waals surface area (Å²) in [6.07, 6.45) is 4.22. The molecule has 0 radical (unpaired) electrons. The van der Waals surface area contributed by atoms with Crippen molar-refractivity contribution in [2.24, 2.45) is 11.7 Å². The predicted molar refractivity (Wildman–Crippen MR) is 137 cm³/mol. The molecule has 3 N–H and O–H groups in total.